The number of hydrogen-bond acceptors (Lipinski definition) is 6. The fraction of sp³-hybridized carbons (Fsp3) is 0.333. The van der Waals surface area contributed by atoms with Crippen molar-refractivity contribution < 1.29 is 0 Å². The van der Waals surface area contributed by atoms with E-state index in [4.69, 9.17) is 0 Å². The van der Waals surface area contributed by atoms with Gasteiger partial charge in [0.1, 0.15) is 5.82 Å². The van der Waals surface area contributed by atoms with Gasteiger partial charge < -0.3 is 5.32 Å². The number of nitrogens with one attached hydrogen (secondary N) is 1. The second-order valence-corrected chi connectivity index (χ2v) is 6.61. The summed E-state index contributed by atoms with van der Waals surface area (Å²) < 4.78 is 0. The SMILES string of the molecule is CCc1cc(NCCc2ncc(CC)s2)nc(-c2ccncc2)n1. The van der Waals surface area contributed by atoms with Crippen molar-refractivity contribution in [1.29, 1.82) is 0 Å². The van der Waals surface area contributed by atoms with Crippen LogP contribution in [0, 0.1) is 0 Å². The number of pyridine rings is 1. The second kappa shape index (κ2) is 7.97. The van der Waals surface area contributed by atoms with Crippen LogP contribution in [0.2, 0.25) is 0 Å². The van der Waals surface area contributed by atoms with Crippen LogP contribution < -0.4 is 5.32 Å². The number of hydrogen-bond donors (Lipinski definition) is 1. The molecule has 0 aliphatic carbocycles. The van der Waals surface area contributed by atoms with Gasteiger partial charge in [0.2, 0.25) is 0 Å². The van der Waals surface area contributed by atoms with E-state index >= 15 is 0 Å². The van der Waals surface area contributed by atoms with Crippen molar-refractivity contribution >= 4 is 17.2 Å². The lowest BCUT2D eigenvalue weighted by Crippen LogP contribution is -2.08. The van der Waals surface area contributed by atoms with Crippen LogP contribution in [0.5, 0.6) is 0 Å². The minimum Gasteiger partial charge on any atom is -0.370 e. The number of thiazole rings is 1. The lowest BCUT2D eigenvalue weighted by Gasteiger charge is -2.09. The summed E-state index contributed by atoms with van der Waals surface area (Å²) in [5.41, 5.74) is 2.01. The van der Waals surface area contributed by atoms with E-state index in [1.54, 1.807) is 23.7 Å². The van der Waals surface area contributed by atoms with E-state index in [9.17, 15) is 0 Å². The summed E-state index contributed by atoms with van der Waals surface area (Å²) >= 11 is 1.78. The molecule has 3 rings (SSSR count). The van der Waals surface area contributed by atoms with Crippen molar-refractivity contribution in [2.24, 2.45) is 0 Å². The Labute approximate surface area is 146 Å². The Bertz CT molecular complexity index is 785. The van der Waals surface area contributed by atoms with E-state index in [2.05, 4.69) is 39.1 Å². The number of anilines is 1. The average Bonchev–Trinajstić information content (AvgIpc) is 3.10. The van der Waals surface area contributed by atoms with Crippen molar-refractivity contribution in [1.82, 2.24) is 19.9 Å². The minimum atomic E-state index is 0.738. The second-order valence-electron chi connectivity index (χ2n) is 5.41. The molecule has 0 unspecified atom stereocenters. The molecule has 5 nitrogen and oxygen atoms in total. The van der Waals surface area contributed by atoms with Crippen LogP contribution in [-0.2, 0) is 19.3 Å². The van der Waals surface area contributed by atoms with Crippen LogP contribution in [0.25, 0.3) is 11.4 Å². The third-order valence-corrected chi connectivity index (χ3v) is 4.88. The first-order valence-electron chi connectivity index (χ1n) is 8.24. The van der Waals surface area contributed by atoms with Gasteiger partial charge in [0.05, 0.1) is 5.01 Å². The largest absolute Gasteiger partial charge is 0.370 e. The molecule has 0 fully saturated rings. The zero-order valence-electron chi connectivity index (χ0n) is 14.0. The van der Waals surface area contributed by atoms with Crippen molar-refractivity contribution in [3.8, 4) is 11.4 Å². The Balaban J connectivity index is 1.70. The number of aromatic nitrogens is 4. The zero-order chi connectivity index (χ0) is 16.8. The third kappa shape index (κ3) is 4.14. The fourth-order valence-electron chi connectivity index (χ4n) is 2.32. The van der Waals surface area contributed by atoms with Crippen molar-refractivity contribution in [3.63, 3.8) is 0 Å². The van der Waals surface area contributed by atoms with Gasteiger partial charge in [0, 0.05) is 53.8 Å². The van der Waals surface area contributed by atoms with Gasteiger partial charge in [-0.05, 0) is 25.0 Å². The topological polar surface area (TPSA) is 63.6 Å². The molecule has 0 amide bonds. The molecule has 0 saturated heterocycles. The van der Waals surface area contributed by atoms with Crippen molar-refractivity contribution in [2.45, 2.75) is 33.1 Å². The molecule has 6 heteroatoms. The molecule has 24 heavy (non-hydrogen) atoms. The summed E-state index contributed by atoms with van der Waals surface area (Å²) in [7, 11) is 0. The smallest absolute Gasteiger partial charge is 0.161 e. The average molecular weight is 339 g/mol. The highest BCUT2D eigenvalue weighted by Gasteiger charge is 2.07. The molecular formula is C18H21N5S. The van der Waals surface area contributed by atoms with Gasteiger partial charge in [-0.3, -0.25) is 4.98 Å². The lowest BCUT2D eigenvalue weighted by atomic mass is 10.2. The summed E-state index contributed by atoms with van der Waals surface area (Å²) in [4.78, 5) is 19.1. The molecule has 0 bridgehead atoms. The highest BCUT2D eigenvalue weighted by Crippen LogP contribution is 2.18. The quantitative estimate of drug-likeness (QED) is 0.710. The molecule has 0 aromatic carbocycles. The molecule has 0 saturated carbocycles. The Morgan fingerprint density at radius 1 is 1.08 bits per heavy atom. The molecule has 0 radical (unpaired) electrons. The Morgan fingerprint density at radius 3 is 2.62 bits per heavy atom. The first kappa shape index (κ1) is 16.5. The van der Waals surface area contributed by atoms with Crippen molar-refractivity contribution in [3.05, 3.63) is 52.4 Å². The fourth-order valence-corrected chi connectivity index (χ4v) is 3.19. The summed E-state index contributed by atoms with van der Waals surface area (Å²) in [6, 6.07) is 5.88. The summed E-state index contributed by atoms with van der Waals surface area (Å²) in [6.45, 7) is 5.07. The van der Waals surface area contributed by atoms with Gasteiger partial charge in [-0.2, -0.15) is 0 Å². The molecule has 3 aromatic heterocycles. The molecule has 124 valence electrons. The maximum absolute atomic E-state index is 4.64. The van der Waals surface area contributed by atoms with Gasteiger partial charge in [-0.1, -0.05) is 13.8 Å². The summed E-state index contributed by atoms with van der Waals surface area (Å²) in [5, 5.41) is 4.57. The molecular weight excluding hydrogens is 318 g/mol. The molecule has 0 atom stereocenters. The van der Waals surface area contributed by atoms with Crippen molar-refractivity contribution in [2.75, 3.05) is 11.9 Å². The summed E-state index contributed by atoms with van der Waals surface area (Å²) in [6.07, 6.45) is 8.33. The van der Waals surface area contributed by atoms with Gasteiger partial charge in [0.15, 0.2) is 5.82 Å². The minimum absolute atomic E-state index is 0.738. The van der Waals surface area contributed by atoms with E-state index in [1.807, 2.05) is 24.4 Å². The summed E-state index contributed by atoms with van der Waals surface area (Å²) in [5.74, 6) is 1.60. The molecule has 0 spiro atoms. The molecule has 0 aliphatic heterocycles. The maximum Gasteiger partial charge on any atom is 0.161 e. The van der Waals surface area contributed by atoms with E-state index < -0.39 is 0 Å². The van der Waals surface area contributed by atoms with Crippen LogP contribution in [0.1, 0.15) is 29.4 Å². The standard InChI is InChI=1S/C18H21N5S/c1-3-14-11-16(20-10-7-17-21-12-15(4-2)24-17)23-18(22-14)13-5-8-19-9-6-13/h5-6,8-9,11-12H,3-4,7,10H2,1-2H3,(H,20,22,23). The normalized spacial score (nSPS) is 10.8. The van der Waals surface area contributed by atoms with Gasteiger partial charge in [0.25, 0.3) is 0 Å². The van der Waals surface area contributed by atoms with Crippen LogP contribution in [0.3, 0.4) is 0 Å². The molecule has 1 N–H and O–H groups in total. The molecule has 3 aromatic rings. The van der Waals surface area contributed by atoms with Crippen LogP contribution in [-0.4, -0.2) is 26.5 Å². The predicted molar refractivity (Wildman–Crippen MR) is 98.3 cm³/mol. The zero-order valence-corrected chi connectivity index (χ0v) is 14.8. The predicted octanol–water partition coefficient (Wildman–Crippen LogP) is 3.77. The number of rotatable bonds is 7. The Morgan fingerprint density at radius 2 is 1.92 bits per heavy atom. The van der Waals surface area contributed by atoms with E-state index in [0.29, 0.717) is 0 Å². The molecule has 3 heterocycles. The highest BCUT2D eigenvalue weighted by molar-refractivity contribution is 7.11. The molecule has 0 aliphatic rings. The van der Waals surface area contributed by atoms with Crippen LogP contribution >= 0.6 is 11.3 Å². The first-order chi connectivity index (χ1) is 11.8. The number of nitrogens with zero attached hydrogens (tertiary/aromatic N) is 4. The van der Waals surface area contributed by atoms with Crippen LogP contribution in [0.4, 0.5) is 5.82 Å². The monoisotopic (exact) mass is 339 g/mol. The first-order valence-corrected chi connectivity index (χ1v) is 9.06. The van der Waals surface area contributed by atoms with Gasteiger partial charge in [-0.25, -0.2) is 15.0 Å². The highest BCUT2D eigenvalue weighted by atomic mass is 32.1. The van der Waals surface area contributed by atoms with E-state index in [0.717, 1.165) is 48.7 Å². The van der Waals surface area contributed by atoms with Gasteiger partial charge in [-0.15, -0.1) is 11.3 Å². The lowest BCUT2D eigenvalue weighted by molar-refractivity contribution is 0.963. The van der Waals surface area contributed by atoms with E-state index in [-0.39, 0.29) is 0 Å². The Kier molecular flexibility index (Phi) is 5.48. The van der Waals surface area contributed by atoms with E-state index in [1.165, 1.54) is 9.88 Å². The Hall–Kier alpha value is -2.34. The number of aryl methyl sites for hydroxylation is 2. The van der Waals surface area contributed by atoms with Gasteiger partial charge >= 0.3 is 0 Å². The third-order valence-electron chi connectivity index (χ3n) is 3.67. The van der Waals surface area contributed by atoms with Crippen LogP contribution in [0.15, 0.2) is 36.8 Å². The maximum atomic E-state index is 4.64.